The lowest BCUT2D eigenvalue weighted by Crippen LogP contribution is -2.52. The largest absolute Gasteiger partial charge is 0.390 e. The first-order chi connectivity index (χ1) is 10.9. The summed E-state index contributed by atoms with van der Waals surface area (Å²) in [5.41, 5.74) is 1.89. The number of hydrogen-bond acceptors (Lipinski definition) is 1. The molecule has 0 aromatic carbocycles. The van der Waals surface area contributed by atoms with Gasteiger partial charge < -0.3 is 5.11 Å². The lowest BCUT2D eigenvalue weighted by atomic mass is 9.47. The Kier molecular flexibility index (Phi) is 3.76. The van der Waals surface area contributed by atoms with Crippen LogP contribution in [0.4, 0.5) is 0 Å². The SMILES string of the molecule is C/C=C1/CC[C@H]2[C@@H]3C[C@@H](C)[C@H]4CC(C)(O)CC[C@@H]4[C@H]3CC[C@]12C. The third kappa shape index (κ3) is 2.36. The average molecular weight is 317 g/mol. The smallest absolute Gasteiger partial charge is 0.0622 e. The standard InChI is InChI=1S/C22H36O/c1-5-15-6-7-20-18-12-14(2)19-13-21(3,23)10-8-17(19)16(18)9-11-22(15,20)4/h5,14,16-20,23H,6-13H2,1-4H3/b15-5-/t14-,16-,17-,18-,19-,20+,21?,22-/m1/s1. The van der Waals surface area contributed by atoms with Gasteiger partial charge in [0.25, 0.3) is 0 Å². The second-order valence-corrected chi connectivity index (χ2v) is 10.0. The summed E-state index contributed by atoms with van der Waals surface area (Å²) in [7, 11) is 0. The zero-order valence-corrected chi connectivity index (χ0v) is 15.6. The topological polar surface area (TPSA) is 20.2 Å². The third-order valence-corrected chi connectivity index (χ3v) is 8.86. The van der Waals surface area contributed by atoms with E-state index in [9.17, 15) is 5.11 Å². The second kappa shape index (κ2) is 5.35. The van der Waals surface area contributed by atoms with Crippen LogP contribution in [0.1, 0.15) is 79.1 Å². The molecule has 8 atom stereocenters. The molecule has 0 saturated heterocycles. The summed E-state index contributed by atoms with van der Waals surface area (Å²) in [6.45, 7) is 9.42. The van der Waals surface area contributed by atoms with Crippen molar-refractivity contribution in [2.75, 3.05) is 0 Å². The summed E-state index contributed by atoms with van der Waals surface area (Å²) in [5, 5.41) is 10.6. The van der Waals surface area contributed by atoms with Gasteiger partial charge >= 0.3 is 0 Å². The molecule has 0 aliphatic heterocycles. The van der Waals surface area contributed by atoms with Crippen molar-refractivity contribution in [1.82, 2.24) is 0 Å². The Morgan fingerprint density at radius 1 is 1.00 bits per heavy atom. The number of hydrogen-bond donors (Lipinski definition) is 1. The lowest BCUT2D eigenvalue weighted by Gasteiger charge is -2.58. The van der Waals surface area contributed by atoms with Crippen LogP contribution in [-0.2, 0) is 0 Å². The summed E-state index contributed by atoms with van der Waals surface area (Å²) >= 11 is 0. The first-order valence-corrected chi connectivity index (χ1v) is 10.2. The van der Waals surface area contributed by atoms with E-state index >= 15 is 0 Å². The molecule has 0 spiro atoms. The maximum atomic E-state index is 10.6. The molecule has 0 aromatic heterocycles. The summed E-state index contributed by atoms with van der Waals surface area (Å²) in [5.74, 6) is 5.37. The summed E-state index contributed by atoms with van der Waals surface area (Å²) in [6.07, 6.45) is 12.9. The van der Waals surface area contributed by atoms with E-state index in [4.69, 9.17) is 0 Å². The van der Waals surface area contributed by atoms with Gasteiger partial charge in [0.15, 0.2) is 0 Å². The van der Waals surface area contributed by atoms with Gasteiger partial charge in [-0.25, -0.2) is 0 Å². The highest BCUT2D eigenvalue weighted by Gasteiger charge is 2.57. The molecule has 1 nitrogen and oxygen atoms in total. The highest BCUT2D eigenvalue weighted by molar-refractivity contribution is 5.23. The molecule has 4 aliphatic rings. The van der Waals surface area contributed by atoms with E-state index in [1.165, 1.54) is 38.5 Å². The lowest BCUT2D eigenvalue weighted by molar-refractivity contribution is -0.110. The highest BCUT2D eigenvalue weighted by Crippen LogP contribution is 2.65. The van der Waals surface area contributed by atoms with Crippen molar-refractivity contribution in [2.45, 2.75) is 84.7 Å². The maximum Gasteiger partial charge on any atom is 0.0622 e. The van der Waals surface area contributed by atoms with Gasteiger partial charge in [-0.15, -0.1) is 0 Å². The molecule has 0 radical (unpaired) electrons. The van der Waals surface area contributed by atoms with Crippen LogP contribution in [0.15, 0.2) is 11.6 Å². The van der Waals surface area contributed by atoms with E-state index in [0.29, 0.717) is 5.41 Å². The van der Waals surface area contributed by atoms with Crippen molar-refractivity contribution in [3.05, 3.63) is 11.6 Å². The van der Waals surface area contributed by atoms with Crippen molar-refractivity contribution >= 4 is 0 Å². The first-order valence-electron chi connectivity index (χ1n) is 10.2. The van der Waals surface area contributed by atoms with Gasteiger partial charge in [0.05, 0.1) is 5.60 Å². The molecule has 0 aromatic rings. The zero-order chi connectivity index (χ0) is 16.4. The summed E-state index contributed by atoms with van der Waals surface area (Å²) < 4.78 is 0. The summed E-state index contributed by atoms with van der Waals surface area (Å²) in [4.78, 5) is 0. The summed E-state index contributed by atoms with van der Waals surface area (Å²) in [6, 6.07) is 0. The zero-order valence-electron chi connectivity index (χ0n) is 15.6. The van der Waals surface area contributed by atoms with Crippen molar-refractivity contribution in [2.24, 2.45) is 40.9 Å². The fraction of sp³-hybridized carbons (Fsp3) is 0.909. The van der Waals surface area contributed by atoms with E-state index in [1.807, 2.05) is 0 Å². The van der Waals surface area contributed by atoms with Crippen molar-refractivity contribution in [1.29, 1.82) is 0 Å². The van der Waals surface area contributed by atoms with E-state index in [2.05, 4.69) is 33.8 Å². The Balaban J connectivity index is 1.61. The van der Waals surface area contributed by atoms with Crippen molar-refractivity contribution in [3.63, 3.8) is 0 Å². The van der Waals surface area contributed by atoms with Gasteiger partial charge in [0.1, 0.15) is 0 Å². The Morgan fingerprint density at radius 2 is 1.70 bits per heavy atom. The van der Waals surface area contributed by atoms with Gasteiger partial charge in [0.2, 0.25) is 0 Å². The van der Waals surface area contributed by atoms with Crippen LogP contribution in [0.5, 0.6) is 0 Å². The van der Waals surface area contributed by atoms with Crippen LogP contribution in [0.3, 0.4) is 0 Å². The number of fused-ring (bicyclic) bond motifs is 5. The monoisotopic (exact) mass is 316 g/mol. The van der Waals surface area contributed by atoms with Crippen molar-refractivity contribution < 1.29 is 5.11 Å². The van der Waals surface area contributed by atoms with Crippen LogP contribution < -0.4 is 0 Å². The Bertz CT molecular complexity index is 504. The molecule has 130 valence electrons. The molecule has 1 heteroatoms. The number of rotatable bonds is 0. The van der Waals surface area contributed by atoms with Crippen LogP contribution in [0.2, 0.25) is 0 Å². The van der Waals surface area contributed by atoms with Crippen LogP contribution >= 0.6 is 0 Å². The molecule has 0 heterocycles. The molecule has 23 heavy (non-hydrogen) atoms. The van der Waals surface area contributed by atoms with Gasteiger partial charge in [-0.1, -0.05) is 25.5 Å². The predicted molar refractivity (Wildman–Crippen MR) is 96.0 cm³/mol. The van der Waals surface area contributed by atoms with Crippen LogP contribution in [0, 0.1) is 40.9 Å². The van der Waals surface area contributed by atoms with Crippen molar-refractivity contribution in [3.8, 4) is 0 Å². The predicted octanol–water partition coefficient (Wildman–Crippen LogP) is 5.58. The molecule has 1 N–H and O–H groups in total. The van der Waals surface area contributed by atoms with Crippen LogP contribution in [0.25, 0.3) is 0 Å². The van der Waals surface area contributed by atoms with Gasteiger partial charge in [-0.2, -0.15) is 0 Å². The molecule has 4 fully saturated rings. The second-order valence-electron chi connectivity index (χ2n) is 10.0. The average Bonchev–Trinajstić information content (AvgIpc) is 2.84. The Labute approximate surface area is 142 Å². The number of aliphatic hydroxyl groups is 1. The van der Waals surface area contributed by atoms with E-state index < -0.39 is 5.60 Å². The molecule has 4 saturated carbocycles. The van der Waals surface area contributed by atoms with E-state index in [0.717, 1.165) is 48.3 Å². The van der Waals surface area contributed by atoms with E-state index in [1.54, 1.807) is 5.57 Å². The minimum Gasteiger partial charge on any atom is -0.390 e. The normalized spacial score (nSPS) is 57.7. The third-order valence-electron chi connectivity index (χ3n) is 8.86. The fourth-order valence-electron chi connectivity index (χ4n) is 7.72. The Hall–Kier alpha value is -0.300. The quantitative estimate of drug-likeness (QED) is 0.578. The molecule has 4 aliphatic carbocycles. The molecule has 4 rings (SSSR count). The molecule has 0 amide bonds. The molecular weight excluding hydrogens is 280 g/mol. The Morgan fingerprint density at radius 3 is 2.43 bits per heavy atom. The van der Waals surface area contributed by atoms with E-state index in [-0.39, 0.29) is 0 Å². The number of allylic oxidation sites excluding steroid dienone is 2. The van der Waals surface area contributed by atoms with Gasteiger partial charge in [-0.05, 0) is 106 Å². The highest BCUT2D eigenvalue weighted by atomic mass is 16.3. The molecule has 1 unspecified atom stereocenters. The fourth-order valence-corrected chi connectivity index (χ4v) is 7.72. The minimum atomic E-state index is -0.392. The van der Waals surface area contributed by atoms with Gasteiger partial charge in [-0.3, -0.25) is 0 Å². The first kappa shape index (κ1) is 16.2. The maximum absolute atomic E-state index is 10.6. The molecular formula is C22H36O. The van der Waals surface area contributed by atoms with Crippen LogP contribution in [-0.4, -0.2) is 10.7 Å². The molecule has 0 bridgehead atoms. The minimum absolute atomic E-state index is 0.392. The van der Waals surface area contributed by atoms with Gasteiger partial charge in [0, 0.05) is 0 Å².